The first-order chi connectivity index (χ1) is 16.7. The van der Waals surface area contributed by atoms with E-state index >= 15 is 0 Å². The molecule has 2 aromatic heterocycles. The van der Waals surface area contributed by atoms with Crippen LogP contribution in [0.2, 0.25) is 0 Å². The number of benzene rings is 2. The van der Waals surface area contributed by atoms with Gasteiger partial charge in [0.25, 0.3) is 5.91 Å². The molecule has 2 aromatic carbocycles. The van der Waals surface area contributed by atoms with Gasteiger partial charge in [-0.2, -0.15) is 0 Å². The van der Waals surface area contributed by atoms with Crippen molar-refractivity contribution in [1.29, 1.82) is 0 Å². The first-order valence-electron chi connectivity index (χ1n) is 11.4. The van der Waals surface area contributed by atoms with Crippen LogP contribution in [-0.4, -0.2) is 36.0 Å². The second-order valence-corrected chi connectivity index (χ2v) is 8.21. The van der Waals surface area contributed by atoms with Gasteiger partial charge in [0, 0.05) is 29.3 Å². The van der Waals surface area contributed by atoms with Crippen LogP contribution < -0.4 is 26.6 Å². The van der Waals surface area contributed by atoms with Gasteiger partial charge in [-0.1, -0.05) is 24.3 Å². The maximum absolute atomic E-state index is 12.3. The molecule has 0 aliphatic carbocycles. The highest BCUT2D eigenvalue weighted by Gasteiger charge is 2.21. The van der Waals surface area contributed by atoms with Gasteiger partial charge in [0.2, 0.25) is 0 Å². The molecule has 0 saturated carbocycles. The molecular formula is C26H27N7O. The molecule has 8 heteroatoms. The van der Waals surface area contributed by atoms with Crippen molar-refractivity contribution in [3.63, 3.8) is 0 Å². The number of hydrogen-bond acceptors (Lipinski definition) is 7. The topological polar surface area (TPSA) is 94.2 Å². The fourth-order valence-corrected chi connectivity index (χ4v) is 3.98. The predicted molar refractivity (Wildman–Crippen MR) is 135 cm³/mol. The largest absolute Gasteiger partial charge is 0.352 e. The van der Waals surface area contributed by atoms with Gasteiger partial charge < -0.3 is 16.1 Å². The minimum absolute atomic E-state index is 0.0604. The molecule has 1 amide bonds. The van der Waals surface area contributed by atoms with E-state index in [1.54, 1.807) is 6.20 Å². The summed E-state index contributed by atoms with van der Waals surface area (Å²) in [7, 11) is 1.90. The summed E-state index contributed by atoms with van der Waals surface area (Å²) < 4.78 is 0. The van der Waals surface area contributed by atoms with E-state index < -0.39 is 0 Å². The molecule has 1 aliphatic rings. The summed E-state index contributed by atoms with van der Waals surface area (Å²) in [5.74, 6) is 0.768. The Labute approximate surface area is 198 Å². The average Bonchev–Trinajstić information content (AvgIpc) is 3.28. The molecule has 0 saturated heterocycles. The summed E-state index contributed by atoms with van der Waals surface area (Å²) in [6.07, 6.45) is 2.70. The van der Waals surface area contributed by atoms with Crippen LogP contribution in [0.15, 0.2) is 72.9 Å². The first kappa shape index (κ1) is 21.8. The monoisotopic (exact) mass is 453 g/mol. The highest BCUT2D eigenvalue weighted by molar-refractivity contribution is 5.94. The van der Waals surface area contributed by atoms with E-state index in [2.05, 4.69) is 44.8 Å². The number of anilines is 2. The molecule has 34 heavy (non-hydrogen) atoms. The molecule has 0 bridgehead atoms. The van der Waals surface area contributed by atoms with Crippen molar-refractivity contribution in [2.75, 3.05) is 30.6 Å². The van der Waals surface area contributed by atoms with Gasteiger partial charge in [-0.05, 0) is 68.0 Å². The Morgan fingerprint density at radius 1 is 1.03 bits per heavy atom. The fraction of sp³-hybridized carbons (Fsp3) is 0.192. The number of hydrogen-bond donors (Lipinski definition) is 4. The summed E-state index contributed by atoms with van der Waals surface area (Å²) >= 11 is 0. The molecule has 3 heterocycles. The maximum Gasteiger partial charge on any atom is 0.251 e. The van der Waals surface area contributed by atoms with Gasteiger partial charge in [-0.15, -0.1) is 5.53 Å². The van der Waals surface area contributed by atoms with Crippen molar-refractivity contribution in [3.05, 3.63) is 84.1 Å². The molecule has 0 radical (unpaired) electrons. The van der Waals surface area contributed by atoms with Gasteiger partial charge in [0.1, 0.15) is 0 Å². The molecule has 172 valence electrons. The SMILES string of the molecule is CNCCCNC(=O)c1ccc(-c2ccc3c(n2)N(Cc2ccc4ncccc4c2)NN3)cc1. The summed E-state index contributed by atoms with van der Waals surface area (Å²) in [4.78, 5) is 21.6. The van der Waals surface area contributed by atoms with Crippen molar-refractivity contribution >= 4 is 28.3 Å². The van der Waals surface area contributed by atoms with E-state index in [4.69, 9.17) is 4.98 Å². The Hall–Kier alpha value is -4.01. The molecule has 1 aliphatic heterocycles. The van der Waals surface area contributed by atoms with Crippen molar-refractivity contribution in [3.8, 4) is 11.3 Å². The van der Waals surface area contributed by atoms with Crippen LogP contribution in [0.3, 0.4) is 0 Å². The van der Waals surface area contributed by atoms with Crippen LogP contribution in [0.4, 0.5) is 11.5 Å². The van der Waals surface area contributed by atoms with E-state index in [0.29, 0.717) is 18.7 Å². The van der Waals surface area contributed by atoms with Crippen LogP contribution in [-0.2, 0) is 6.54 Å². The van der Waals surface area contributed by atoms with Gasteiger partial charge >= 0.3 is 0 Å². The molecule has 4 N–H and O–H groups in total. The van der Waals surface area contributed by atoms with Gasteiger partial charge in [0.05, 0.1) is 23.4 Å². The zero-order valence-corrected chi connectivity index (χ0v) is 19.0. The Bertz CT molecular complexity index is 1310. The standard InChI is InChI=1S/C26H27N7O/c1-27-13-3-15-29-26(34)20-8-6-19(7-9-20)23-11-12-24-25(30-23)33(32-31-24)17-18-5-10-22-21(16-18)4-2-14-28-22/h2,4-12,14,16,27,31-32H,3,13,15,17H2,1H3,(H,29,34). The zero-order chi connectivity index (χ0) is 23.3. The highest BCUT2D eigenvalue weighted by Crippen LogP contribution is 2.31. The molecule has 0 spiro atoms. The third-order valence-corrected chi connectivity index (χ3v) is 5.80. The van der Waals surface area contributed by atoms with Crippen molar-refractivity contribution < 1.29 is 4.79 Å². The molecule has 8 nitrogen and oxygen atoms in total. The Morgan fingerprint density at radius 3 is 2.76 bits per heavy atom. The number of hydrazine groups is 2. The molecule has 0 fully saturated rings. The first-order valence-corrected chi connectivity index (χ1v) is 11.4. The summed E-state index contributed by atoms with van der Waals surface area (Å²) in [6.45, 7) is 2.17. The minimum atomic E-state index is -0.0604. The Morgan fingerprint density at radius 2 is 1.91 bits per heavy atom. The van der Waals surface area contributed by atoms with Gasteiger partial charge in [-0.3, -0.25) is 14.8 Å². The number of amides is 1. The molecular weight excluding hydrogens is 426 g/mol. The Kier molecular flexibility index (Phi) is 6.33. The van der Waals surface area contributed by atoms with Crippen molar-refractivity contribution in [2.24, 2.45) is 0 Å². The second kappa shape index (κ2) is 9.86. The van der Waals surface area contributed by atoms with Gasteiger partial charge in [0.15, 0.2) is 5.82 Å². The lowest BCUT2D eigenvalue weighted by Gasteiger charge is -2.17. The van der Waals surface area contributed by atoms with Crippen LogP contribution in [0.5, 0.6) is 0 Å². The van der Waals surface area contributed by atoms with Crippen LogP contribution in [0.1, 0.15) is 22.3 Å². The predicted octanol–water partition coefficient (Wildman–Crippen LogP) is 3.49. The molecule has 0 atom stereocenters. The quantitative estimate of drug-likeness (QED) is 0.304. The van der Waals surface area contributed by atoms with E-state index in [-0.39, 0.29) is 5.91 Å². The molecule has 4 aromatic rings. The van der Waals surface area contributed by atoms with Gasteiger partial charge in [-0.25, -0.2) is 4.98 Å². The lowest BCUT2D eigenvalue weighted by Crippen LogP contribution is -2.35. The number of carbonyl (C=O) groups excluding carboxylic acids is 1. The van der Waals surface area contributed by atoms with Crippen molar-refractivity contribution in [1.82, 2.24) is 26.1 Å². The van der Waals surface area contributed by atoms with Crippen LogP contribution in [0, 0.1) is 0 Å². The smallest absolute Gasteiger partial charge is 0.251 e. The normalized spacial score (nSPS) is 12.4. The number of nitrogens with zero attached hydrogens (tertiary/aromatic N) is 3. The van der Waals surface area contributed by atoms with Crippen LogP contribution in [0.25, 0.3) is 22.2 Å². The summed E-state index contributed by atoms with van der Waals surface area (Å²) in [6, 6.07) is 21.8. The lowest BCUT2D eigenvalue weighted by molar-refractivity contribution is 0.0953. The van der Waals surface area contributed by atoms with E-state index in [0.717, 1.165) is 52.2 Å². The fourth-order valence-electron chi connectivity index (χ4n) is 3.98. The van der Waals surface area contributed by atoms with Crippen LogP contribution >= 0.6 is 0 Å². The lowest BCUT2D eigenvalue weighted by atomic mass is 10.1. The number of pyridine rings is 2. The number of aromatic nitrogens is 2. The van der Waals surface area contributed by atoms with E-state index in [1.165, 1.54) is 0 Å². The molecule has 0 unspecified atom stereocenters. The van der Waals surface area contributed by atoms with E-state index in [1.807, 2.05) is 60.6 Å². The maximum atomic E-state index is 12.3. The number of carbonyl (C=O) groups is 1. The molecule has 5 rings (SSSR count). The number of nitrogens with one attached hydrogen (secondary N) is 4. The minimum Gasteiger partial charge on any atom is -0.352 e. The summed E-state index contributed by atoms with van der Waals surface area (Å²) in [5, 5.41) is 9.12. The Balaban J connectivity index is 1.30. The average molecular weight is 454 g/mol. The highest BCUT2D eigenvalue weighted by atomic mass is 16.1. The zero-order valence-electron chi connectivity index (χ0n) is 19.0. The second-order valence-electron chi connectivity index (χ2n) is 8.21. The third-order valence-electron chi connectivity index (χ3n) is 5.80. The number of rotatable bonds is 8. The van der Waals surface area contributed by atoms with E-state index in [9.17, 15) is 4.79 Å². The third kappa shape index (κ3) is 4.68. The summed E-state index contributed by atoms with van der Waals surface area (Å²) in [5.41, 5.74) is 11.9. The number of fused-ring (bicyclic) bond motifs is 2. The van der Waals surface area contributed by atoms with Crippen molar-refractivity contribution in [2.45, 2.75) is 13.0 Å².